The van der Waals surface area contributed by atoms with Crippen LogP contribution in [0, 0.1) is 17.7 Å². The normalized spacial score (nSPS) is 9.00. The first kappa shape index (κ1) is 11.2. The molecule has 0 aliphatic heterocycles. The van der Waals surface area contributed by atoms with Gasteiger partial charge in [0.25, 0.3) is 0 Å². The van der Waals surface area contributed by atoms with Gasteiger partial charge in [0, 0.05) is 5.56 Å². The van der Waals surface area contributed by atoms with E-state index >= 15 is 0 Å². The summed E-state index contributed by atoms with van der Waals surface area (Å²) in [6, 6.07) is 3.99. The van der Waals surface area contributed by atoms with E-state index in [2.05, 4.69) is 16.6 Å². The molecule has 15 heavy (non-hydrogen) atoms. The quantitative estimate of drug-likeness (QED) is 0.550. The highest BCUT2D eigenvalue weighted by Crippen LogP contribution is 2.10. The lowest BCUT2D eigenvalue weighted by atomic mass is 10.1. The van der Waals surface area contributed by atoms with Gasteiger partial charge in [-0.1, -0.05) is 11.8 Å². The van der Waals surface area contributed by atoms with Gasteiger partial charge < -0.3 is 10.5 Å². The van der Waals surface area contributed by atoms with Crippen molar-refractivity contribution in [2.45, 2.75) is 0 Å². The number of benzene rings is 1. The predicted octanol–water partition coefficient (Wildman–Crippen LogP) is 0.922. The summed E-state index contributed by atoms with van der Waals surface area (Å²) in [5.41, 5.74) is 5.60. The lowest BCUT2D eigenvalue weighted by Crippen LogP contribution is -2.04. The fraction of sp³-hybridized carbons (Fsp3) is 0.182. The van der Waals surface area contributed by atoms with Crippen LogP contribution in [0.5, 0.6) is 0 Å². The van der Waals surface area contributed by atoms with Crippen LogP contribution in [0.3, 0.4) is 0 Å². The minimum atomic E-state index is -0.719. The first-order valence-corrected chi connectivity index (χ1v) is 4.26. The van der Waals surface area contributed by atoms with Crippen molar-refractivity contribution in [2.24, 2.45) is 5.73 Å². The maximum Gasteiger partial charge on any atom is 0.340 e. The van der Waals surface area contributed by atoms with Crippen LogP contribution in [0.4, 0.5) is 4.39 Å². The second-order valence-electron chi connectivity index (χ2n) is 2.69. The van der Waals surface area contributed by atoms with Crippen molar-refractivity contribution in [3.05, 3.63) is 35.1 Å². The lowest BCUT2D eigenvalue weighted by Gasteiger charge is -2.01. The van der Waals surface area contributed by atoms with Crippen LogP contribution in [0.25, 0.3) is 0 Å². The number of rotatable bonds is 1. The summed E-state index contributed by atoms with van der Waals surface area (Å²) in [5.74, 6) is 3.97. The Balaban J connectivity index is 3.10. The highest BCUT2D eigenvalue weighted by atomic mass is 19.1. The van der Waals surface area contributed by atoms with Gasteiger partial charge in [-0.15, -0.1) is 0 Å². The molecule has 0 aliphatic rings. The second kappa shape index (κ2) is 5.13. The highest BCUT2D eigenvalue weighted by Gasteiger charge is 2.11. The topological polar surface area (TPSA) is 52.3 Å². The number of nitrogens with two attached hydrogens (primary N) is 1. The average Bonchev–Trinajstić information content (AvgIpc) is 2.27. The summed E-state index contributed by atoms with van der Waals surface area (Å²) in [4.78, 5) is 11.1. The summed E-state index contributed by atoms with van der Waals surface area (Å²) in [6.45, 7) is 0.213. The monoisotopic (exact) mass is 207 g/mol. The van der Waals surface area contributed by atoms with E-state index in [0.717, 1.165) is 0 Å². The molecule has 3 nitrogen and oxygen atoms in total. The fourth-order valence-electron chi connectivity index (χ4n) is 1.02. The third-order valence-corrected chi connectivity index (χ3v) is 1.71. The molecule has 1 aromatic rings. The van der Waals surface area contributed by atoms with Gasteiger partial charge in [-0.25, -0.2) is 9.18 Å². The zero-order valence-corrected chi connectivity index (χ0v) is 8.21. The van der Waals surface area contributed by atoms with Crippen molar-refractivity contribution in [1.82, 2.24) is 0 Å². The van der Waals surface area contributed by atoms with Crippen molar-refractivity contribution in [3.63, 3.8) is 0 Å². The lowest BCUT2D eigenvalue weighted by molar-refractivity contribution is 0.0595. The van der Waals surface area contributed by atoms with E-state index in [1.54, 1.807) is 0 Å². The van der Waals surface area contributed by atoms with E-state index in [0.29, 0.717) is 5.56 Å². The second-order valence-corrected chi connectivity index (χ2v) is 2.69. The molecule has 0 aliphatic carbocycles. The average molecular weight is 207 g/mol. The molecule has 4 heteroatoms. The van der Waals surface area contributed by atoms with Gasteiger partial charge in [0.1, 0.15) is 5.82 Å². The maximum absolute atomic E-state index is 13.2. The Hall–Kier alpha value is -1.86. The molecule has 0 unspecified atom stereocenters. The van der Waals surface area contributed by atoms with Gasteiger partial charge in [0.2, 0.25) is 0 Å². The molecule has 0 aromatic heterocycles. The van der Waals surface area contributed by atoms with Crippen LogP contribution in [0.1, 0.15) is 15.9 Å². The molecule has 78 valence electrons. The number of carbonyl (C=O) groups is 1. The van der Waals surface area contributed by atoms with E-state index in [-0.39, 0.29) is 12.1 Å². The Morgan fingerprint density at radius 3 is 2.93 bits per heavy atom. The van der Waals surface area contributed by atoms with Crippen molar-refractivity contribution < 1.29 is 13.9 Å². The van der Waals surface area contributed by atoms with Crippen molar-refractivity contribution in [2.75, 3.05) is 13.7 Å². The number of hydrogen-bond acceptors (Lipinski definition) is 3. The number of esters is 1. The van der Waals surface area contributed by atoms with Gasteiger partial charge in [-0.2, -0.15) is 0 Å². The number of ether oxygens (including phenoxy) is 1. The van der Waals surface area contributed by atoms with Crippen LogP contribution in [0.15, 0.2) is 18.2 Å². The van der Waals surface area contributed by atoms with Crippen LogP contribution in [0.2, 0.25) is 0 Å². The Bertz CT molecular complexity index is 432. The number of halogens is 1. The van der Waals surface area contributed by atoms with Crippen LogP contribution < -0.4 is 5.73 Å². The standard InChI is InChI=1S/C11H10FNO2/c1-15-11(14)9-7-8(3-2-6-13)4-5-10(9)12/h4-5,7H,6,13H2,1H3. The number of hydrogen-bond donors (Lipinski definition) is 1. The molecule has 0 saturated carbocycles. The molecule has 0 heterocycles. The van der Waals surface area contributed by atoms with Gasteiger partial charge in [0.05, 0.1) is 19.2 Å². The van der Waals surface area contributed by atoms with E-state index in [9.17, 15) is 9.18 Å². The molecule has 1 rings (SSSR count). The van der Waals surface area contributed by atoms with Crippen molar-refractivity contribution in [3.8, 4) is 11.8 Å². The molecular weight excluding hydrogens is 197 g/mol. The zero-order valence-electron chi connectivity index (χ0n) is 8.21. The van der Waals surface area contributed by atoms with Gasteiger partial charge >= 0.3 is 5.97 Å². The van der Waals surface area contributed by atoms with E-state index in [1.165, 1.54) is 25.3 Å². The van der Waals surface area contributed by atoms with Crippen molar-refractivity contribution in [1.29, 1.82) is 0 Å². The molecule has 0 fully saturated rings. The van der Waals surface area contributed by atoms with Gasteiger partial charge in [-0.3, -0.25) is 0 Å². The number of carbonyl (C=O) groups excluding carboxylic acids is 1. The molecule has 1 aromatic carbocycles. The minimum absolute atomic E-state index is 0.124. The summed E-state index contributed by atoms with van der Waals surface area (Å²) in [5, 5.41) is 0. The zero-order chi connectivity index (χ0) is 11.3. The van der Waals surface area contributed by atoms with E-state index < -0.39 is 11.8 Å². The molecule has 2 N–H and O–H groups in total. The Labute approximate surface area is 87.0 Å². The largest absolute Gasteiger partial charge is 0.465 e. The first-order chi connectivity index (χ1) is 7.19. The van der Waals surface area contributed by atoms with Gasteiger partial charge in [-0.05, 0) is 18.2 Å². The van der Waals surface area contributed by atoms with Crippen LogP contribution >= 0.6 is 0 Å². The SMILES string of the molecule is COC(=O)c1cc(C#CCN)ccc1F. The number of methoxy groups -OCH3 is 1. The summed E-state index contributed by atoms with van der Waals surface area (Å²) in [6.07, 6.45) is 0. The maximum atomic E-state index is 13.2. The fourth-order valence-corrected chi connectivity index (χ4v) is 1.02. The summed E-state index contributed by atoms with van der Waals surface area (Å²) >= 11 is 0. The Morgan fingerprint density at radius 1 is 1.60 bits per heavy atom. The molecular formula is C11H10FNO2. The third-order valence-electron chi connectivity index (χ3n) is 1.71. The van der Waals surface area contributed by atoms with Crippen LogP contribution in [-0.2, 0) is 4.74 Å². The van der Waals surface area contributed by atoms with E-state index in [4.69, 9.17) is 5.73 Å². The molecule has 0 bridgehead atoms. The van der Waals surface area contributed by atoms with Gasteiger partial charge in [0.15, 0.2) is 0 Å². The molecule has 0 spiro atoms. The molecule has 0 amide bonds. The first-order valence-electron chi connectivity index (χ1n) is 4.26. The van der Waals surface area contributed by atoms with E-state index in [1.807, 2.05) is 0 Å². The van der Waals surface area contributed by atoms with Crippen molar-refractivity contribution >= 4 is 5.97 Å². The Kier molecular flexibility index (Phi) is 3.83. The summed E-state index contributed by atoms with van der Waals surface area (Å²) < 4.78 is 17.6. The molecule has 0 saturated heterocycles. The highest BCUT2D eigenvalue weighted by molar-refractivity contribution is 5.90. The molecule has 0 atom stereocenters. The smallest absolute Gasteiger partial charge is 0.340 e. The third kappa shape index (κ3) is 2.79. The molecule has 0 radical (unpaired) electrons. The predicted molar refractivity (Wildman–Crippen MR) is 53.7 cm³/mol. The minimum Gasteiger partial charge on any atom is -0.465 e. The summed E-state index contributed by atoms with van der Waals surface area (Å²) in [7, 11) is 1.19. The van der Waals surface area contributed by atoms with Crippen LogP contribution in [-0.4, -0.2) is 19.6 Å². The Morgan fingerprint density at radius 2 is 2.33 bits per heavy atom.